The molecule has 0 amide bonds. The Bertz CT molecular complexity index is 619. The zero-order chi connectivity index (χ0) is 15.9. The van der Waals surface area contributed by atoms with E-state index in [2.05, 4.69) is 5.32 Å². The summed E-state index contributed by atoms with van der Waals surface area (Å²) in [6.07, 6.45) is -4.98. The van der Waals surface area contributed by atoms with E-state index in [1.807, 2.05) is 11.6 Å². The first-order chi connectivity index (χ1) is 9.63. The van der Waals surface area contributed by atoms with Crippen molar-refractivity contribution in [2.45, 2.75) is 49.8 Å². The minimum Gasteiger partial charge on any atom is -0.312 e. The smallest absolute Gasteiger partial charge is 0.312 e. The molecule has 0 spiro atoms. The first kappa shape index (κ1) is 16.7. The number of hydrogen-bond acceptors (Lipinski definition) is 4. The second-order valence-corrected chi connectivity index (χ2v) is 7.72. The van der Waals surface area contributed by atoms with Crippen molar-refractivity contribution in [3.63, 3.8) is 0 Å². The van der Waals surface area contributed by atoms with E-state index in [0.29, 0.717) is 23.5 Å². The predicted octanol–water partition coefficient (Wildman–Crippen LogP) is 2.54. The van der Waals surface area contributed by atoms with Gasteiger partial charge in [0.05, 0.1) is 0 Å². The first-order valence-electron chi connectivity index (χ1n) is 6.51. The minimum atomic E-state index is -4.56. The Morgan fingerprint density at radius 1 is 1.38 bits per heavy atom. The number of hydrogen-bond donors (Lipinski definition) is 2. The van der Waals surface area contributed by atoms with Gasteiger partial charge < -0.3 is 5.32 Å². The third-order valence-electron chi connectivity index (χ3n) is 3.42. The molecule has 1 aromatic heterocycles. The van der Waals surface area contributed by atoms with Crippen LogP contribution in [0.3, 0.4) is 0 Å². The number of alkyl halides is 3. The van der Waals surface area contributed by atoms with Gasteiger partial charge in [-0.2, -0.15) is 17.9 Å². The molecule has 1 aromatic rings. The second-order valence-electron chi connectivity index (χ2n) is 5.14. The summed E-state index contributed by atoms with van der Waals surface area (Å²) < 4.78 is 65.4. The molecule has 0 radical (unpaired) electrons. The van der Waals surface area contributed by atoms with Crippen molar-refractivity contribution in [2.24, 2.45) is 0 Å². The van der Waals surface area contributed by atoms with Crippen LogP contribution in [0.25, 0.3) is 0 Å². The summed E-state index contributed by atoms with van der Waals surface area (Å²) in [4.78, 5) is 0.504. The average molecular weight is 342 g/mol. The van der Waals surface area contributed by atoms with Gasteiger partial charge in [-0.05, 0) is 37.3 Å². The summed E-state index contributed by atoms with van der Waals surface area (Å²) in [6.45, 7) is 4.43. The topological polar surface area (TPSA) is 58.2 Å². The lowest BCUT2D eigenvalue weighted by molar-refractivity contribution is -0.160. The van der Waals surface area contributed by atoms with Gasteiger partial charge in [0.2, 0.25) is 10.0 Å². The van der Waals surface area contributed by atoms with E-state index in [1.54, 1.807) is 12.3 Å². The van der Waals surface area contributed by atoms with Crippen molar-refractivity contribution in [1.82, 2.24) is 10.0 Å². The Kier molecular flexibility index (Phi) is 4.40. The highest BCUT2D eigenvalue weighted by atomic mass is 32.2. The highest BCUT2D eigenvalue weighted by molar-refractivity contribution is 7.89. The van der Waals surface area contributed by atoms with Crippen molar-refractivity contribution in [2.75, 3.05) is 6.54 Å². The summed E-state index contributed by atoms with van der Waals surface area (Å²) in [5.74, 6) is 0. The Hall–Kier alpha value is -0.640. The van der Waals surface area contributed by atoms with Crippen molar-refractivity contribution in [3.05, 3.63) is 15.8 Å². The number of aryl methyl sites for hydroxylation is 1. The van der Waals surface area contributed by atoms with Crippen LogP contribution in [0.2, 0.25) is 0 Å². The van der Waals surface area contributed by atoms with Crippen LogP contribution in [0, 0.1) is 6.92 Å². The Labute approximate surface area is 125 Å². The molecule has 2 rings (SSSR count). The van der Waals surface area contributed by atoms with Crippen molar-refractivity contribution >= 4 is 21.4 Å². The highest BCUT2D eigenvalue weighted by Crippen LogP contribution is 2.50. The third-order valence-corrected chi connectivity index (χ3v) is 6.41. The van der Waals surface area contributed by atoms with Crippen molar-refractivity contribution < 1.29 is 21.6 Å². The van der Waals surface area contributed by atoms with Crippen LogP contribution in [0.1, 0.15) is 30.2 Å². The maximum Gasteiger partial charge on any atom is 0.407 e. The van der Waals surface area contributed by atoms with Crippen LogP contribution in [-0.4, -0.2) is 26.7 Å². The number of sulfonamides is 1. The van der Waals surface area contributed by atoms with Crippen LogP contribution < -0.4 is 10.0 Å². The van der Waals surface area contributed by atoms with E-state index in [9.17, 15) is 21.6 Å². The Morgan fingerprint density at radius 2 is 2.00 bits per heavy atom. The van der Waals surface area contributed by atoms with E-state index in [0.717, 1.165) is 0 Å². The van der Waals surface area contributed by atoms with Crippen molar-refractivity contribution in [3.8, 4) is 0 Å². The van der Waals surface area contributed by atoms with Crippen LogP contribution >= 0.6 is 11.3 Å². The lowest BCUT2D eigenvalue weighted by atomic mass is 10.3. The number of thiophene rings is 1. The zero-order valence-electron chi connectivity index (χ0n) is 11.7. The molecular weight excluding hydrogens is 325 g/mol. The zero-order valence-corrected chi connectivity index (χ0v) is 13.3. The molecule has 0 bridgehead atoms. The molecule has 0 unspecified atom stereocenters. The van der Waals surface area contributed by atoms with Gasteiger partial charge in [-0.1, -0.05) is 6.92 Å². The number of rotatable bonds is 6. The lowest BCUT2D eigenvalue weighted by Gasteiger charge is -2.21. The van der Waals surface area contributed by atoms with Crippen LogP contribution in [0.5, 0.6) is 0 Å². The largest absolute Gasteiger partial charge is 0.407 e. The molecule has 21 heavy (non-hydrogen) atoms. The van der Waals surface area contributed by atoms with E-state index < -0.39 is 21.7 Å². The Balaban J connectivity index is 2.31. The SMILES string of the molecule is CCNCc1scc(C)c1S(=O)(=O)NC1(C(F)(F)F)CC1. The molecule has 2 N–H and O–H groups in total. The number of halogens is 3. The van der Waals surface area contributed by atoms with E-state index in [4.69, 9.17) is 0 Å². The average Bonchev–Trinajstić information content (AvgIpc) is 3.02. The molecule has 1 fully saturated rings. The normalized spacial score (nSPS) is 18.0. The Morgan fingerprint density at radius 3 is 2.48 bits per heavy atom. The molecule has 120 valence electrons. The second kappa shape index (κ2) is 5.53. The van der Waals surface area contributed by atoms with Gasteiger partial charge in [0.15, 0.2) is 0 Å². The van der Waals surface area contributed by atoms with Crippen LogP contribution in [0.15, 0.2) is 10.3 Å². The molecule has 4 nitrogen and oxygen atoms in total. The quantitative estimate of drug-likeness (QED) is 0.835. The first-order valence-corrected chi connectivity index (χ1v) is 8.87. The molecule has 0 aliphatic heterocycles. The molecule has 9 heteroatoms. The predicted molar refractivity (Wildman–Crippen MR) is 74.8 cm³/mol. The van der Waals surface area contributed by atoms with Gasteiger partial charge in [0, 0.05) is 11.4 Å². The fourth-order valence-corrected chi connectivity index (χ4v) is 5.31. The van der Waals surface area contributed by atoms with E-state index in [1.165, 1.54) is 11.3 Å². The van der Waals surface area contributed by atoms with E-state index >= 15 is 0 Å². The highest BCUT2D eigenvalue weighted by Gasteiger charge is 2.65. The van der Waals surface area contributed by atoms with Crippen LogP contribution in [0.4, 0.5) is 13.2 Å². The van der Waals surface area contributed by atoms with E-state index in [-0.39, 0.29) is 17.7 Å². The fraction of sp³-hybridized carbons (Fsp3) is 0.667. The van der Waals surface area contributed by atoms with Gasteiger partial charge in [0.1, 0.15) is 10.4 Å². The van der Waals surface area contributed by atoms with Gasteiger partial charge in [-0.15, -0.1) is 11.3 Å². The monoisotopic (exact) mass is 342 g/mol. The molecule has 1 aliphatic rings. The van der Waals surface area contributed by atoms with Crippen LogP contribution in [-0.2, 0) is 16.6 Å². The molecule has 1 saturated carbocycles. The number of nitrogens with one attached hydrogen (secondary N) is 2. The van der Waals surface area contributed by atoms with Crippen molar-refractivity contribution in [1.29, 1.82) is 0 Å². The minimum absolute atomic E-state index is 0.0241. The summed E-state index contributed by atoms with van der Waals surface area (Å²) >= 11 is 1.23. The summed E-state index contributed by atoms with van der Waals surface area (Å²) in [6, 6.07) is 0. The van der Waals surface area contributed by atoms with Gasteiger partial charge in [-0.25, -0.2) is 8.42 Å². The molecule has 1 heterocycles. The molecular formula is C12H17F3N2O2S2. The van der Waals surface area contributed by atoms with Gasteiger partial charge >= 0.3 is 6.18 Å². The maximum atomic E-state index is 12.9. The summed E-state index contributed by atoms with van der Waals surface area (Å²) in [5.41, 5.74) is -1.81. The fourth-order valence-electron chi connectivity index (χ4n) is 2.09. The third kappa shape index (κ3) is 3.25. The maximum absolute atomic E-state index is 12.9. The molecule has 0 atom stereocenters. The summed E-state index contributed by atoms with van der Waals surface area (Å²) in [5, 5.41) is 4.64. The van der Waals surface area contributed by atoms with Gasteiger partial charge in [-0.3, -0.25) is 0 Å². The molecule has 0 aromatic carbocycles. The molecule has 1 aliphatic carbocycles. The molecule has 0 saturated heterocycles. The lowest BCUT2D eigenvalue weighted by Crippen LogP contribution is -2.47. The van der Waals surface area contributed by atoms with Gasteiger partial charge in [0.25, 0.3) is 0 Å². The summed E-state index contributed by atoms with van der Waals surface area (Å²) in [7, 11) is -4.19. The standard InChI is InChI=1S/C12H17F3N2O2S2/c1-3-16-6-9-10(8(2)7-20-9)21(18,19)17-11(4-5-11)12(13,14)15/h7,16-17H,3-6H2,1-2H3.